The van der Waals surface area contributed by atoms with Gasteiger partial charge in [-0.3, -0.25) is 4.79 Å². The highest BCUT2D eigenvalue weighted by Crippen LogP contribution is 2.73. The monoisotopic (exact) mass is 690 g/mol. The Balaban J connectivity index is 1.17. The third-order valence-electron chi connectivity index (χ3n) is 15.6. The molecule has 7 rings (SSSR count). The molecule has 1 amide bonds. The number of carbonyl (C=O) groups is 1. The maximum Gasteiger partial charge on any atom is 0.238 e. The predicted molar refractivity (Wildman–Crippen MR) is 200 cm³/mol. The molecule has 0 spiro atoms. The average Bonchev–Trinajstić information content (AvgIpc) is 3.28. The fraction of sp³-hybridized carbons (Fsp3) is 0.773. The number of benzene rings is 1. The Bertz CT molecular complexity index is 1620. The lowest BCUT2D eigenvalue weighted by Crippen LogP contribution is -2.40. The number of H-pyrrole nitrogens is 1. The highest BCUT2D eigenvalue weighted by atomic mass is 19.3. The van der Waals surface area contributed by atoms with Crippen LogP contribution in [0.15, 0.2) is 29.8 Å². The Morgan fingerprint density at radius 3 is 2.50 bits per heavy atom. The van der Waals surface area contributed by atoms with Gasteiger partial charge in [0.05, 0.1) is 17.1 Å². The van der Waals surface area contributed by atoms with E-state index >= 15 is 0 Å². The Morgan fingerprint density at radius 1 is 1.06 bits per heavy atom. The Morgan fingerprint density at radius 2 is 1.80 bits per heavy atom. The zero-order valence-corrected chi connectivity index (χ0v) is 32.5. The molecular formula is C44H65F2N3O. The van der Waals surface area contributed by atoms with Gasteiger partial charge in [-0.1, -0.05) is 80.0 Å². The van der Waals surface area contributed by atoms with Crippen LogP contribution in [0.3, 0.4) is 0 Å². The number of nitrogens with one attached hydrogen (secondary N) is 2. The van der Waals surface area contributed by atoms with E-state index in [1.165, 1.54) is 56.9 Å². The van der Waals surface area contributed by atoms with Gasteiger partial charge in [0.25, 0.3) is 0 Å². The summed E-state index contributed by atoms with van der Waals surface area (Å²) in [6.07, 6.45) is 11.5. The van der Waals surface area contributed by atoms with Crippen molar-refractivity contribution in [2.75, 3.05) is 0 Å². The number of allylic oxidation sites excluding steroid dienone is 2. The number of fused-ring (bicyclic) bond motifs is 8. The number of halogens is 2. The van der Waals surface area contributed by atoms with E-state index < -0.39 is 12.3 Å². The number of carbonyl (C=O) groups excluding carboxylic acids is 1. The Labute approximate surface area is 300 Å². The first-order valence-corrected chi connectivity index (χ1v) is 20.2. The Kier molecular flexibility index (Phi) is 9.19. The minimum atomic E-state index is -2.39. The minimum Gasteiger partial charge on any atom is -0.345 e. The van der Waals surface area contributed by atoms with Crippen molar-refractivity contribution in [3.8, 4) is 0 Å². The van der Waals surface area contributed by atoms with Gasteiger partial charge in [-0.05, 0) is 145 Å². The number of hydrogen-bond donors (Lipinski definition) is 2. The van der Waals surface area contributed by atoms with Crippen LogP contribution in [0, 0.1) is 63.1 Å². The zero-order valence-electron chi connectivity index (χ0n) is 32.5. The van der Waals surface area contributed by atoms with Crippen molar-refractivity contribution in [3.05, 3.63) is 41.2 Å². The Hall–Kier alpha value is -2.24. The number of hydrogen-bond acceptors (Lipinski definition) is 2. The van der Waals surface area contributed by atoms with Crippen LogP contribution in [0.25, 0.3) is 11.0 Å². The molecule has 5 aliphatic carbocycles. The molecule has 1 aromatic heterocycles. The number of imidazole rings is 1. The second-order valence-electron chi connectivity index (χ2n) is 20.1. The van der Waals surface area contributed by atoms with Gasteiger partial charge < -0.3 is 10.3 Å². The molecular weight excluding hydrogens is 625 g/mol. The first-order valence-electron chi connectivity index (χ1n) is 20.2. The summed E-state index contributed by atoms with van der Waals surface area (Å²) >= 11 is 0. The summed E-state index contributed by atoms with van der Waals surface area (Å²) in [7, 11) is 0. The maximum absolute atomic E-state index is 13.4. The largest absolute Gasteiger partial charge is 0.345 e. The highest BCUT2D eigenvalue weighted by molar-refractivity contribution is 5.80. The molecule has 2 aromatic rings. The molecule has 3 saturated carbocycles. The third kappa shape index (κ3) is 6.29. The molecule has 11 unspecified atom stereocenters. The first-order chi connectivity index (χ1) is 23.4. The smallest absolute Gasteiger partial charge is 0.238 e. The minimum absolute atomic E-state index is 0.162. The van der Waals surface area contributed by atoms with Crippen LogP contribution in [-0.4, -0.2) is 22.3 Å². The van der Waals surface area contributed by atoms with E-state index in [-0.39, 0.29) is 30.2 Å². The summed E-state index contributed by atoms with van der Waals surface area (Å²) in [6, 6.07) is 6.56. The number of nitrogens with zero attached hydrogens (tertiary/aromatic N) is 1. The molecule has 276 valence electrons. The summed E-state index contributed by atoms with van der Waals surface area (Å²) in [5, 5.41) is 3.22. The van der Waals surface area contributed by atoms with Gasteiger partial charge >= 0.3 is 0 Å². The van der Waals surface area contributed by atoms with Gasteiger partial charge in [-0.2, -0.15) is 0 Å². The summed E-state index contributed by atoms with van der Waals surface area (Å²) in [4.78, 5) is 22.0. The molecule has 0 saturated heterocycles. The SMILES string of the molecule is CCC(CCC(F)F)C(=O)NC(c1nc2ccc(C3CC4CC5(C)CC4CCC4(C)C(C)C=C(CCC35)CC3C4C3(C)C)cc2[nH]1)C(C)(C)C. The van der Waals surface area contributed by atoms with E-state index in [0.717, 1.165) is 40.5 Å². The van der Waals surface area contributed by atoms with E-state index in [1.54, 1.807) is 5.57 Å². The van der Waals surface area contributed by atoms with Crippen molar-refractivity contribution in [1.82, 2.24) is 15.3 Å². The summed E-state index contributed by atoms with van der Waals surface area (Å²) < 4.78 is 26.0. The highest BCUT2D eigenvalue weighted by Gasteiger charge is 2.66. The van der Waals surface area contributed by atoms with Gasteiger partial charge in [0, 0.05) is 12.3 Å². The topological polar surface area (TPSA) is 57.8 Å². The molecule has 50 heavy (non-hydrogen) atoms. The molecule has 1 aromatic carbocycles. The molecule has 11 atom stereocenters. The van der Waals surface area contributed by atoms with Gasteiger partial charge in [0.1, 0.15) is 5.82 Å². The van der Waals surface area contributed by atoms with Gasteiger partial charge in [-0.15, -0.1) is 0 Å². The molecule has 3 fully saturated rings. The van der Waals surface area contributed by atoms with Crippen LogP contribution in [-0.2, 0) is 4.79 Å². The second kappa shape index (κ2) is 12.7. The van der Waals surface area contributed by atoms with Crippen LogP contribution in [0.4, 0.5) is 8.78 Å². The van der Waals surface area contributed by atoms with E-state index in [0.29, 0.717) is 40.4 Å². The quantitative estimate of drug-likeness (QED) is 0.271. The summed E-state index contributed by atoms with van der Waals surface area (Å²) in [5.41, 5.74) is 6.08. The molecule has 6 heteroatoms. The van der Waals surface area contributed by atoms with Gasteiger partial charge in [-0.25, -0.2) is 13.8 Å². The normalized spacial score (nSPS) is 37.4. The molecule has 5 aliphatic rings. The van der Waals surface area contributed by atoms with Crippen molar-refractivity contribution >= 4 is 16.9 Å². The average molecular weight is 690 g/mol. The van der Waals surface area contributed by atoms with E-state index in [2.05, 4.69) is 90.0 Å². The van der Waals surface area contributed by atoms with Crippen molar-refractivity contribution in [1.29, 1.82) is 0 Å². The van der Waals surface area contributed by atoms with Gasteiger partial charge in [0.2, 0.25) is 12.3 Å². The molecule has 0 aliphatic heterocycles. The van der Waals surface area contributed by atoms with E-state index in [1.807, 2.05) is 6.92 Å². The predicted octanol–water partition coefficient (Wildman–Crippen LogP) is 11.8. The van der Waals surface area contributed by atoms with Crippen LogP contribution in [0.1, 0.15) is 156 Å². The number of amides is 1. The molecule has 2 N–H and O–H groups in total. The fourth-order valence-electron chi connectivity index (χ4n) is 12.7. The molecule has 5 bridgehead atoms. The van der Waals surface area contributed by atoms with Crippen LogP contribution in [0.2, 0.25) is 0 Å². The fourth-order valence-corrected chi connectivity index (χ4v) is 12.7. The lowest BCUT2D eigenvalue weighted by molar-refractivity contribution is -0.127. The van der Waals surface area contributed by atoms with Crippen LogP contribution in [0.5, 0.6) is 0 Å². The molecule has 0 radical (unpaired) electrons. The number of aromatic amines is 1. The van der Waals surface area contributed by atoms with Gasteiger partial charge in [0.15, 0.2) is 0 Å². The third-order valence-corrected chi connectivity index (χ3v) is 15.6. The van der Waals surface area contributed by atoms with Crippen molar-refractivity contribution < 1.29 is 13.6 Å². The van der Waals surface area contributed by atoms with E-state index in [4.69, 9.17) is 4.98 Å². The van der Waals surface area contributed by atoms with Crippen molar-refractivity contribution in [2.24, 2.45) is 63.1 Å². The number of alkyl halides is 2. The molecule has 1 heterocycles. The van der Waals surface area contributed by atoms with Crippen molar-refractivity contribution in [3.63, 3.8) is 0 Å². The van der Waals surface area contributed by atoms with Crippen molar-refractivity contribution in [2.45, 2.75) is 151 Å². The first kappa shape index (κ1) is 36.1. The lowest BCUT2D eigenvalue weighted by atomic mass is 9.60. The zero-order chi connectivity index (χ0) is 36.0. The summed E-state index contributed by atoms with van der Waals surface area (Å²) in [5.74, 6) is 5.33. The van der Waals surface area contributed by atoms with E-state index in [9.17, 15) is 13.6 Å². The lowest BCUT2D eigenvalue weighted by Gasteiger charge is -2.45. The summed E-state index contributed by atoms with van der Waals surface area (Å²) in [6.45, 7) is 21.2. The standard InChI is InChI=1S/C44H65F2N3O/c1-10-27(13-16-36(45)46)40(50)49-38(41(3,4)5)39-47-34-15-12-28(22-35(34)48-39)31-21-30-24-43(8)23-29(30)17-18-44(9)25(2)19-26(11-14-32(31)43)20-33-37(44)42(33,6)7/h12,15,19,22,25,27,29-33,36-38H,10-11,13-14,16-18,20-21,23-24H2,1-9H3,(H,47,48)(H,49,50). The van der Waals surface area contributed by atoms with Crippen LogP contribution >= 0.6 is 0 Å². The number of rotatable bonds is 8. The number of aromatic nitrogens is 2. The van der Waals surface area contributed by atoms with Crippen LogP contribution < -0.4 is 5.32 Å². The second-order valence-corrected chi connectivity index (χ2v) is 20.1. The maximum atomic E-state index is 13.4. The molecule has 4 nitrogen and oxygen atoms in total.